The third-order valence-corrected chi connectivity index (χ3v) is 5.93. The molecule has 0 heterocycles. The van der Waals surface area contributed by atoms with Gasteiger partial charge < -0.3 is 24.8 Å². The highest BCUT2D eigenvalue weighted by molar-refractivity contribution is 7.80. The molecule has 30 heavy (non-hydrogen) atoms. The highest BCUT2D eigenvalue weighted by Crippen LogP contribution is 2.48. The van der Waals surface area contributed by atoms with Crippen molar-refractivity contribution in [2.24, 2.45) is 11.8 Å². The average Bonchev–Trinajstić information content (AvgIpc) is 2.70. The maximum atomic E-state index is 11.2. The average molecular weight is 440 g/mol. The molecule has 3 unspecified atom stereocenters. The molecular formula is C20H24O9S. The van der Waals surface area contributed by atoms with Crippen LogP contribution in [0.4, 0.5) is 0 Å². The minimum Gasteiger partial charge on any atom is -0.504 e. The third-order valence-electron chi connectivity index (χ3n) is 5.50. The Labute approximate surface area is 174 Å². The number of ether oxygens (including phenoxy) is 2. The summed E-state index contributed by atoms with van der Waals surface area (Å²) in [6, 6.07) is 7.91. The number of phenols is 2. The molecule has 0 saturated heterocycles. The molecule has 2 aromatic rings. The maximum absolute atomic E-state index is 11.2. The first-order valence-corrected chi connectivity index (χ1v) is 10.5. The summed E-state index contributed by atoms with van der Waals surface area (Å²) in [7, 11) is -1.86. The molecule has 1 aliphatic carbocycles. The first-order chi connectivity index (χ1) is 14.2. The van der Waals surface area contributed by atoms with Crippen molar-refractivity contribution in [1.82, 2.24) is 0 Å². The fourth-order valence-corrected chi connectivity index (χ4v) is 4.43. The fraction of sp³-hybridized carbons (Fsp3) is 0.400. The number of rotatable bonds is 7. The van der Waals surface area contributed by atoms with E-state index in [1.54, 1.807) is 18.2 Å². The van der Waals surface area contributed by atoms with Gasteiger partial charge in [0.2, 0.25) is 0 Å². The van der Waals surface area contributed by atoms with Crippen LogP contribution in [0.15, 0.2) is 30.3 Å². The number of benzene rings is 2. The first-order valence-electron chi connectivity index (χ1n) is 9.17. The molecule has 0 aromatic heterocycles. The van der Waals surface area contributed by atoms with Gasteiger partial charge in [0.05, 0.1) is 20.8 Å². The van der Waals surface area contributed by atoms with Gasteiger partial charge in [-0.2, -0.15) is 8.42 Å². The van der Waals surface area contributed by atoms with Gasteiger partial charge in [-0.1, -0.05) is 6.07 Å². The highest BCUT2D eigenvalue weighted by atomic mass is 32.3. The molecule has 9 nitrogen and oxygen atoms in total. The van der Waals surface area contributed by atoms with Crippen molar-refractivity contribution in [2.75, 3.05) is 27.4 Å². The van der Waals surface area contributed by atoms with E-state index in [1.165, 1.54) is 26.4 Å². The van der Waals surface area contributed by atoms with E-state index in [-0.39, 0.29) is 36.2 Å². The van der Waals surface area contributed by atoms with Gasteiger partial charge in [-0.3, -0.25) is 4.55 Å². The van der Waals surface area contributed by atoms with Crippen LogP contribution in [0.1, 0.15) is 22.6 Å². The second-order valence-electron chi connectivity index (χ2n) is 7.15. The monoisotopic (exact) mass is 440 g/mol. The van der Waals surface area contributed by atoms with Crippen LogP contribution in [-0.4, -0.2) is 55.7 Å². The number of aromatic hydroxyl groups is 2. The van der Waals surface area contributed by atoms with Gasteiger partial charge in [-0.15, -0.1) is 0 Å². The summed E-state index contributed by atoms with van der Waals surface area (Å²) in [5.41, 5.74) is 2.15. The van der Waals surface area contributed by atoms with Gasteiger partial charge in [-0.25, -0.2) is 4.18 Å². The van der Waals surface area contributed by atoms with Gasteiger partial charge in [0.25, 0.3) is 0 Å². The quantitative estimate of drug-likeness (QED) is 0.474. The minimum atomic E-state index is -4.69. The zero-order valence-corrected chi connectivity index (χ0v) is 17.3. The summed E-state index contributed by atoms with van der Waals surface area (Å²) in [6.07, 6.45) is 0.383. The van der Waals surface area contributed by atoms with Gasteiger partial charge in [-0.05, 0) is 53.3 Å². The lowest BCUT2D eigenvalue weighted by Gasteiger charge is -2.39. The number of methoxy groups -OCH3 is 2. The molecule has 3 rings (SSSR count). The summed E-state index contributed by atoms with van der Waals surface area (Å²) in [6.45, 7) is -0.641. The Morgan fingerprint density at radius 2 is 1.70 bits per heavy atom. The molecule has 0 saturated carbocycles. The van der Waals surface area contributed by atoms with Crippen molar-refractivity contribution in [2.45, 2.75) is 12.3 Å². The number of aliphatic hydroxyl groups excluding tert-OH is 1. The van der Waals surface area contributed by atoms with Crippen LogP contribution < -0.4 is 9.47 Å². The summed E-state index contributed by atoms with van der Waals surface area (Å²) in [5, 5.41) is 30.3. The summed E-state index contributed by atoms with van der Waals surface area (Å²) >= 11 is 0. The van der Waals surface area contributed by atoms with Crippen LogP contribution in [0.25, 0.3) is 0 Å². The van der Waals surface area contributed by atoms with E-state index in [2.05, 4.69) is 4.18 Å². The lowest BCUT2D eigenvalue weighted by atomic mass is 9.67. The molecule has 2 aromatic carbocycles. The molecular weight excluding hydrogens is 416 g/mol. The van der Waals surface area contributed by atoms with Crippen molar-refractivity contribution in [1.29, 1.82) is 0 Å². The zero-order chi connectivity index (χ0) is 22.1. The molecule has 0 spiro atoms. The maximum Gasteiger partial charge on any atom is 0.397 e. The molecule has 164 valence electrons. The number of hydrogen-bond donors (Lipinski definition) is 4. The largest absolute Gasteiger partial charge is 0.504 e. The van der Waals surface area contributed by atoms with Crippen molar-refractivity contribution in [3.63, 3.8) is 0 Å². The zero-order valence-electron chi connectivity index (χ0n) is 16.5. The van der Waals surface area contributed by atoms with Gasteiger partial charge in [0.1, 0.15) is 0 Å². The topological polar surface area (TPSA) is 143 Å². The summed E-state index contributed by atoms with van der Waals surface area (Å²) < 4.78 is 46.5. The van der Waals surface area contributed by atoms with Gasteiger partial charge in [0.15, 0.2) is 23.0 Å². The third kappa shape index (κ3) is 4.46. The Kier molecular flexibility index (Phi) is 6.41. The lowest BCUT2D eigenvalue weighted by molar-refractivity contribution is 0.107. The van der Waals surface area contributed by atoms with Crippen LogP contribution in [-0.2, 0) is 21.0 Å². The minimum absolute atomic E-state index is 0.0701. The van der Waals surface area contributed by atoms with Crippen LogP contribution in [0.5, 0.6) is 23.0 Å². The predicted octanol–water partition coefficient (Wildman–Crippen LogP) is 1.85. The number of hydrogen-bond acceptors (Lipinski definition) is 8. The summed E-state index contributed by atoms with van der Waals surface area (Å²) in [4.78, 5) is 0. The SMILES string of the molecule is COc1cc(C2c3cc(O)c(OC)cc3CC(CO)C2COS(=O)(=O)O)ccc1O. The van der Waals surface area contributed by atoms with E-state index in [4.69, 9.17) is 14.0 Å². The second kappa shape index (κ2) is 8.68. The van der Waals surface area contributed by atoms with Crippen molar-refractivity contribution >= 4 is 10.4 Å². The van der Waals surface area contributed by atoms with Crippen molar-refractivity contribution < 1.29 is 41.9 Å². The Bertz CT molecular complexity index is 1020. The van der Waals surface area contributed by atoms with Crippen LogP contribution in [0, 0.1) is 11.8 Å². The van der Waals surface area contributed by atoms with Gasteiger partial charge >= 0.3 is 10.4 Å². The van der Waals surface area contributed by atoms with E-state index in [9.17, 15) is 23.7 Å². The normalized spacial score (nSPS) is 21.1. The van der Waals surface area contributed by atoms with Crippen molar-refractivity contribution in [3.8, 4) is 23.0 Å². The lowest BCUT2D eigenvalue weighted by Crippen LogP contribution is -2.36. The molecule has 0 radical (unpaired) electrons. The van der Waals surface area contributed by atoms with E-state index in [0.717, 1.165) is 5.56 Å². The predicted molar refractivity (Wildman–Crippen MR) is 106 cm³/mol. The Hall–Kier alpha value is -2.53. The molecule has 0 amide bonds. The second-order valence-corrected chi connectivity index (χ2v) is 8.25. The van der Waals surface area contributed by atoms with Crippen LogP contribution in [0.2, 0.25) is 0 Å². The highest BCUT2D eigenvalue weighted by Gasteiger charge is 2.39. The van der Waals surface area contributed by atoms with Gasteiger partial charge in [0, 0.05) is 18.4 Å². The smallest absolute Gasteiger partial charge is 0.397 e. The number of aliphatic hydroxyl groups is 1. The van der Waals surface area contributed by atoms with E-state index in [0.29, 0.717) is 17.5 Å². The van der Waals surface area contributed by atoms with E-state index >= 15 is 0 Å². The first kappa shape index (κ1) is 22.2. The Morgan fingerprint density at radius 3 is 2.30 bits per heavy atom. The number of fused-ring (bicyclic) bond motifs is 1. The Morgan fingerprint density at radius 1 is 1.03 bits per heavy atom. The summed E-state index contributed by atoms with van der Waals surface area (Å²) in [5.74, 6) is -1.17. The fourth-order valence-electron chi connectivity index (χ4n) is 4.10. The molecule has 0 aliphatic heterocycles. The van der Waals surface area contributed by atoms with Crippen LogP contribution >= 0.6 is 0 Å². The number of phenolic OH excluding ortho intramolecular Hbond substituents is 2. The molecule has 3 atom stereocenters. The van der Waals surface area contributed by atoms with Crippen molar-refractivity contribution in [3.05, 3.63) is 47.0 Å². The molecule has 1 aliphatic rings. The molecule has 0 bridgehead atoms. The van der Waals surface area contributed by atoms with E-state index < -0.39 is 28.2 Å². The van der Waals surface area contributed by atoms with E-state index in [1.807, 2.05) is 0 Å². The standard InChI is InChI=1S/C20H24O9S/c1-27-18-6-11(3-4-16(18)22)20-14-8-17(23)19(28-2)7-12(14)5-13(9-21)15(20)10-29-30(24,25)26/h3-4,6-8,13,15,20-23H,5,9-10H2,1-2H3,(H,24,25,26). The van der Waals surface area contributed by atoms with Crippen LogP contribution in [0.3, 0.4) is 0 Å². The molecule has 4 N–H and O–H groups in total. The Balaban J connectivity index is 2.18. The molecule has 10 heteroatoms. The molecule has 0 fully saturated rings.